The minimum atomic E-state index is -0.394. The SMILES string of the molecule is NCCCC1CCCC(NC(N)=O)C1. The first-order valence-electron chi connectivity index (χ1n) is 5.48. The summed E-state index contributed by atoms with van der Waals surface area (Å²) in [7, 11) is 0. The topological polar surface area (TPSA) is 81.1 Å². The van der Waals surface area contributed by atoms with E-state index in [9.17, 15) is 4.79 Å². The molecule has 1 fully saturated rings. The monoisotopic (exact) mass is 199 g/mol. The average molecular weight is 199 g/mol. The first-order chi connectivity index (χ1) is 6.72. The van der Waals surface area contributed by atoms with Gasteiger partial charge in [-0.05, 0) is 38.1 Å². The lowest BCUT2D eigenvalue weighted by atomic mass is 9.83. The van der Waals surface area contributed by atoms with Crippen LogP contribution in [0.5, 0.6) is 0 Å². The van der Waals surface area contributed by atoms with Crippen molar-refractivity contribution in [3.63, 3.8) is 0 Å². The standard InChI is InChI=1S/C10H21N3O/c11-6-2-4-8-3-1-5-9(7-8)13-10(12)14/h8-9H,1-7,11H2,(H3,12,13,14). The number of amides is 2. The summed E-state index contributed by atoms with van der Waals surface area (Å²) < 4.78 is 0. The summed E-state index contributed by atoms with van der Waals surface area (Å²) >= 11 is 0. The number of hydrogen-bond acceptors (Lipinski definition) is 2. The van der Waals surface area contributed by atoms with Crippen LogP contribution >= 0.6 is 0 Å². The molecule has 5 N–H and O–H groups in total. The van der Waals surface area contributed by atoms with Crippen LogP contribution in [0.1, 0.15) is 38.5 Å². The molecule has 0 aromatic rings. The van der Waals surface area contributed by atoms with E-state index >= 15 is 0 Å². The molecule has 0 aromatic carbocycles. The average Bonchev–Trinajstić information content (AvgIpc) is 2.14. The quantitative estimate of drug-likeness (QED) is 0.630. The van der Waals surface area contributed by atoms with Crippen LogP contribution in [0.2, 0.25) is 0 Å². The number of urea groups is 1. The second kappa shape index (κ2) is 5.86. The molecule has 1 aliphatic carbocycles. The third-order valence-corrected chi connectivity index (χ3v) is 2.95. The van der Waals surface area contributed by atoms with Crippen molar-refractivity contribution >= 4 is 6.03 Å². The van der Waals surface area contributed by atoms with E-state index in [4.69, 9.17) is 11.5 Å². The van der Waals surface area contributed by atoms with Crippen LogP contribution < -0.4 is 16.8 Å². The van der Waals surface area contributed by atoms with Crippen molar-refractivity contribution < 1.29 is 4.79 Å². The van der Waals surface area contributed by atoms with Crippen molar-refractivity contribution in [2.45, 2.75) is 44.6 Å². The van der Waals surface area contributed by atoms with E-state index in [1.165, 1.54) is 19.3 Å². The normalized spacial score (nSPS) is 27.2. The highest BCUT2D eigenvalue weighted by molar-refractivity contribution is 5.71. The maximum Gasteiger partial charge on any atom is 0.312 e. The van der Waals surface area contributed by atoms with Gasteiger partial charge in [-0.15, -0.1) is 0 Å². The fourth-order valence-electron chi connectivity index (χ4n) is 2.29. The zero-order valence-corrected chi connectivity index (χ0v) is 8.67. The Bertz CT molecular complexity index is 184. The maximum atomic E-state index is 10.7. The van der Waals surface area contributed by atoms with Gasteiger partial charge in [0.25, 0.3) is 0 Å². The highest BCUT2D eigenvalue weighted by atomic mass is 16.2. The molecule has 14 heavy (non-hydrogen) atoms. The number of rotatable bonds is 4. The van der Waals surface area contributed by atoms with Crippen molar-refractivity contribution in [1.82, 2.24) is 5.32 Å². The second-order valence-electron chi connectivity index (χ2n) is 4.17. The maximum absolute atomic E-state index is 10.7. The molecule has 4 heteroatoms. The van der Waals surface area contributed by atoms with Gasteiger partial charge in [0.1, 0.15) is 0 Å². The molecule has 4 nitrogen and oxygen atoms in total. The summed E-state index contributed by atoms with van der Waals surface area (Å²) in [5.41, 5.74) is 10.6. The lowest BCUT2D eigenvalue weighted by Crippen LogP contribution is -2.41. The number of primary amides is 1. The van der Waals surface area contributed by atoms with Gasteiger partial charge in [-0.25, -0.2) is 4.79 Å². The van der Waals surface area contributed by atoms with Gasteiger partial charge in [0.2, 0.25) is 0 Å². The zero-order chi connectivity index (χ0) is 10.4. The van der Waals surface area contributed by atoms with E-state index in [-0.39, 0.29) is 0 Å². The van der Waals surface area contributed by atoms with Crippen molar-refractivity contribution in [2.75, 3.05) is 6.54 Å². The Morgan fingerprint density at radius 3 is 2.86 bits per heavy atom. The molecule has 2 unspecified atom stereocenters. The van der Waals surface area contributed by atoms with Crippen molar-refractivity contribution in [3.05, 3.63) is 0 Å². The lowest BCUT2D eigenvalue weighted by Gasteiger charge is -2.29. The van der Waals surface area contributed by atoms with E-state index in [0.29, 0.717) is 6.04 Å². The largest absolute Gasteiger partial charge is 0.352 e. The first kappa shape index (κ1) is 11.3. The van der Waals surface area contributed by atoms with Gasteiger partial charge in [-0.1, -0.05) is 12.8 Å². The Balaban J connectivity index is 2.24. The molecule has 0 heterocycles. The van der Waals surface area contributed by atoms with Gasteiger partial charge in [0.05, 0.1) is 0 Å². The fraction of sp³-hybridized carbons (Fsp3) is 0.900. The molecule has 1 saturated carbocycles. The molecule has 0 aromatic heterocycles. The Morgan fingerprint density at radius 1 is 1.43 bits per heavy atom. The van der Waals surface area contributed by atoms with E-state index in [0.717, 1.165) is 31.7 Å². The molecule has 0 radical (unpaired) electrons. The molecule has 2 amide bonds. The predicted octanol–water partition coefficient (Wildman–Crippen LogP) is 0.952. The van der Waals surface area contributed by atoms with Gasteiger partial charge in [0.15, 0.2) is 0 Å². The number of nitrogens with two attached hydrogens (primary N) is 2. The number of hydrogen-bond donors (Lipinski definition) is 3. The summed E-state index contributed by atoms with van der Waals surface area (Å²) in [6, 6.07) is -0.0986. The molecular formula is C10H21N3O. The van der Waals surface area contributed by atoms with Crippen LogP contribution in [0, 0.1) is 5.92 Å². The smallest absolute Gasteiger partial charge is 0.312 e. The summed E-state index contributed by atoms with van der Waals surface area (Å²) in [5.74, 6) is 0.726. The number of carbonyl (C=O) groups excluding carboxylic acids is 1. The van der Waals surface area contributed by atoms with Gasteiger partial charge in [0, 0.05) is 6.04 Å². The van der Waals surface area contributed by atoms with Crippen molar-refractivity contribution in [3.8, 4) is 0 Å². The van der Waals surface area contributed by atoms with Gasteiger partial charge < -0.3 is 16.8 Å². The molecule has 82 valence electrons. The van der Waals surface area contributed by atoms with Crippen LogP contribution in [0.4, 0.5) is 4.79 Å². The molecule has 0 aliphatic heterocycles. The molecule has 1 aliphatic rings. The fourth-order valence-corrected chi connectivity index (χ4v) is 2.29. The van der Waals surface area contributed by atoms with Crippen LogP contribution in [-0.4, -0.2) is 18.6 Å². The molecule has 1 rings (SSSR count). The van der Waals surface area contributed by atoms with E-state index in [1.54, 1.807) is 0 Å². The van der Waals surface area contributed by atoms with E-state index in [1.807, 2.05) is 0 Å². The molecule has 0 saturated heterocycles. The van der Waals surface area contributed by atoms with Crippen LogP contribution in [-0.2, 0) is 0 Å². The second-order valence-corrected chi connectivity index (χ2v) is 4.17. The van der Waals surface area contributed by atoms with Crippen LogP contribution in [0.25, 0.3) is 0 Å². The predicted molar refractivity (Wildman–Crippen MR) is 56.8 cm³/mol. The Morgan fingerprint density at radius 2 is 2.21 bits per heavy atom. The molecular weight excluding hydrogens is 178 g/mol. The van der Waals surface area contributed by atoms with Crippen molar-refractivity contribution in [2.24, 2.45) is 17.4 Å². The lowest BCUT2D eigenvalue weighted by molar-refractivity contribution is 0.230. The van der Waals surface area contributed by atoms with Crippen molar-refractivity contribution in [1.29, 1.82) is 0 Å². The highest BCUT2D eigenvalue weighted by Gasteiger charge is 2.21. The molecule has 2 atom stereocenters. The number of carbonyl (C=O) groups is 1. The van der Waals surface area contributed by atoms with Crippen LogP contribution in [0.3, 0.4) is 0 Å². The minimum Gasteiger partial charge on any atom is -0.352 e. The molecule has 0 bridgehead atoms. The summed E-state index contributed by atoms with van der Waals surface area (Å²) in [5, 5.41) is 2.80. The third-order valence-electron chi connectivity index (χ3n) is 2.95. The van der Waals surface area contributed by atoms with Gasteiger partial charge in [-0.3, -0.25) is 0 Å². The van der Waals surface area contributed by atoms with Gasteiger partial charge in [-0.2, -0.15) is 0 Å². The Labute approximate surface area is 85.4 Å². The summed E-state index contributed by atoms with van der Waals surface area (Å²) in [4.78, 5) is 10.7. The number of nitrogens with one attached hydrogen (secondary N) is 1. The Hall–Kier alpha value is -0.770. The third kappa shape index (κ3) is 3.96. The zero-order valence-electron chi connectivity index (χ0n) is 8.67. The highest BCUT2D eigenvalue weighted by Crippen LogP contribution is 2.27. The first-order valence-corrected chi connectivity index (χ1v) is 5.48. The van der Waals surface area contributed by atoms with Crippen LogP contribution in [0.15, 0.2) is 0 Å². The van der Waals surface area contributed by atoms with Gasteiger partial charge >= 0.3 is 6.03 Å². The molecule has 0 spiro atoms. The Kier molecular flexibility index (Phi) is 4.73. The summed E-state index contributed by atoms with van der Waals surface area (Å²) in [6.07, 6.45) is 6.89. The summed E-state index contributed by atoms with van der Waals surface area (Å²) in [6.45, 7) is 0.768. The van der Waals surface area contributed by atoms with E-state index in [2.05, 4.69) is 5.32 Å². The van der Waals surface area contributed by atoms with E-state index < -0.39 is 6.03 Å². The minimum absolute atomic E-state index is 0.295.